The molecule has 6 heteroatoms. The van der Waals surface area contributed by atoms with Crippen molar-refractivity contribution >= 4 is 40.5 Å². The summed E-state index contributed by atoms with van der Waals surface area (Å²) in [6.45, 7) is 5.80. The van der Waals surface area contributed by atoms with Crippen molar-refractivity contribution in [1.82, 2.24) is 4.98 Å². The summed E-state index contributed by atoms with van der Waals surface area (Å²) in [5, 5.41) is 4.60. The highest BCUT2D eigenvalue weighted by molar-refractivity contribution is 8.02. The number of hydrogen-bond donors (Lipinski definition) is 1. The Morgan fingerprint density at radius 1 is 1.30 bits per heavy atom. The van der Waals surface area contributed by atoms with E-state index in [2.05, 4.69) is 10.3 Å². The molecular formula is C17H20N2O2S2. The van der Waals surface area contributed by atoms with E-state index in [1.54, 1.807) is 35.6 Å². The Morgan fingerprint density at radius 3 is 2.57 bits per heavy atom. The van der Waals surface area contributed by atoms with E-state index in [9.17, 15) is 9.59 Å². The van der Waals surface area contributed by atoms with Crippen molar-refractivity contribution in [1.29, 1.82) is 0 Å². The van der Waals surface area contributed by atoms with Gasteiger partial charge in [0.05, 0.1) is 5.25 Å². The summed E-state index contributed by atoms with van der Waals surface area (Å²) in [5.74, 6) is 0.0592. The molecular weight excluding hydrogens is 328 g/mol. The number of thiazole rings is 1. The summed E-state index contributed by atoms with van der Waals surface area (Å²) in [7, 11) is 0. The predicted molar refractivity (Wildman–Crippen MR) is 96.5 cm³/mol. The summed E-state index contributed by atoms with van der Waals surface area (Å²) in [6, 6.07) is 7.06. The zero-order valence-electron chi connectivity index (χ0n) is 13.5. The molecule has 0 spiro atoms. The molecule has 1 amide bonds. The third-order valence-corrected chi connectivity index (χ3v) is 5.36. The fraction of sp³-hybridized carbons (Fsp3) is 0.353. The van der Waals surface area contributed by atoms with Crippen LogP contribution in [0.5, 0.6) is 0 Å². The molecule has 2 rings (SSSR count). The second-order valence-electron chi connectivity index (χ2n) is 5.25. The van der Waals surface area contributed by atoms with Gasteiger partial charge in [0.1, 0.15) is 0 Å². The van der Waals surface area contributed by atoms with Crippen LogP contribution in [0.4, 0.5) is 5.69 Å². The molecule has 0 aliphatic rings. The number of carbonyl (C=O) groups is 2. The summed E-state index contributed by atoms with van der Waals surface area (Å²) in [6.07, 6.45) is 1.31. The van der Waals surface area contributed by atoms with E-state index < -0.39 is 0 Å². The fourth-order valence-electron chi connectivity index (χ4n) is 1.99. The van der Waals surface area contributed by atoms with Gasteiger partial charge in [-0.15, -0.1) is 11.3 Å². The largest absolute Gasteiger partial charge is 0.326 e. The molecule has 1 N–H and O–H groups in total. The van der Waals surface area contributed by atoms with E-state index >= 15 is 0 Å². The molecule has 0 aliphatic carbocycles. The summed E-state index contributed by atoms with van der Waals surface area (Å²) in [5.41, 5.74) is 2.34. The van der Waals surface area contributed by atoms with Crippen LogP contribution in [-0.2, 0) is 4.79 Å². The monoisotopic (exact) mass is 348 g/mol. The fourth-order valence-corrected chi connectivity index (χ4v) is 4.06. The Bertz CT molecular complexity index is 680. The van der Waals surface area contributed by atoms with Gasteiger partial charge in [0, 0.05) is 28.7 Å². The summed E-state index contributed by atoms with van der Waals surface area (Å²) < 4.78 is 0.909. The van der Waals surface area contributed by atoms with Gasteiger partial charge in [0.25, 0.3) is 0 Å². The topological polar surface area (TPSA) is 59.1 Å². The van der Waals surface area contributed by atoms with Crippen LogP contribution in [0.2, 0.25) is 0 Å². The quantitative estimate of drug-likeness (QED) is 0.589. The van der Waals surface area contributed by atoms with Crippen molar-refractivity contribution in [3.63, 3.8) is 0 Å². The van der Waals surface area contributed by atoms with E-state index in [0.717, 1.165) is 22.1 Å². The van der Waals surface area contributed by atoms with Crippen LogP contribution in [0.1, 0.15) is 42.7 Å². The van der Waals surface area contributed by atoms with Gasteiger partial charge < -0.3 is 5.32 Å². The molecule has 1 aromatic heterocycles. The lowest BCUT2D eigenvalue weighted by Gasteiger charge is -2.09. The van der Waals surface area contributed by atoms with Crippen LogP contribution in [0.25, 0.3) is 0 Å². The number of hydrogen-bond acceptors (Lipinski definition) is 5. The molecule has 0 unspecified atom stereocenters. The molecule has 1 heterocycles. The van der Waals surface area contributed by atoms with E-state index in [1.165, 1.54) is 11.8 Å². The number of amides is 1. The molecule has 0 aliphatic heterocycles. The number of anilines is 1. The Morgan fingerprint density at radius 2 is 2.00 bits per heavy atom. The average molecular weight is 348 g/mol. The number of carbonyl (C=O) groups excluding carboxylic acids is 2. The number of nitrogens with one attached hydrogen (secondary N) is 1. The molecule has 23 heavy (non-hydrogen) atoms. The van der Waals surface area contributed by atoms with E-state index in [0.29, 0.717) is 12.0 Å². The molecule has 0 fully saturated rings. The van der Waals surface area contributed by atoms with Gasteiger partial charge >= 0.3 is 0 Å². The first-order valence-corrected chi connectivity index (χ1v) is 9.28. The molecule has 122 valence electrons. The Labute approximate surface area is 144 Å². The molecule has 2 aromatic rings. The van der Waals surface area contributed by atoms with Crippen LogP contribution >= 0.6 is 23.1 Å². The van der Waals surface area contributed by atoms with Crippen LogP contribution in [0.3, 0.4) is 0 Å². The average Bonchev–Trinajstić information content (AvgIpc) is 2.92. The Balaban J connectivity index is 1.97. The van der Waals surface area contributed by atoms with Crippen LogP contribution in [0, 0.1) is 6.92 Å². The number of benzene rings is 1. The van der Waals surface area contributed by atoms with Crippen molar-refractivity contribution in [2.75, 3.05) is 5.32 Å². The van der Waals surface area contributed by atoms with E-state index in [1.807, 2.05) is 26.2 Å². The van der Waals surface area contributed by atoms with Crippen molar-refractivity contribution in [2.24, 2.45) is 0 Å². The third-order valence-electron chi connectivity index (χ3n) is 3.17. The third kappa shape index (κ3) is 5.18. The predicted octanol–water partition coefficient (Wildman–Crippen LogP) is 4.55. The molecule has 0 bridgehead atoms. The first kappa shape index (κ1) is 17.7. The van der Waals surface area contributed by atoms with Gasteiger partial charge in [0.2, 0.25) is 5.91 Å². The normalized spacial score (nSPS) is 12.0. The lowest BCUT2D eigenvalue weighted by Crippen LogP contribution is -2.14. The number of aryl methyl sites for hydroxylation is 1. The lowest BCUT2D eigenvalue weighted by molar-refractivity contribution is -0.116. The first-order chi connectivity index (χ1) is 11.0. The van der Waals surface area contributed by atoms with Gasteiger partial charge in [-0.2, -0.15) is 0 Å². The molecule has 0 saturated carbocycles. The molecule has 1 atom stereocenters. The van der Waals surface area contributed by atoms with Gasteiger partial charge in [-0.25, -0.2) is 4.98 Å². The second kappa shape index (κ2) is 8.26. The second-order valence-corrected chi connectivity index (χ2v) is 7.70. The highest BCUT2D eigenvalue weighted by Gasteiger charge is 2.18. The van der Waals surface area contributed by atoms with Crippen molar-refractivity contribution in [3.05, 3.63) is 40.9 Å². The van der Waals surface area contributed by atoms with Crippen molar-refractivity contribution in [2.45, 2.75) is 43.2 Å². The van der Waals surface area contributed by atoms with Crippen molar-refractivity contribution < 1.29 is 9.59 Å². The Kier molecular flexibility index (Phi) is 6.36. The molecule has 0 radical (unpaired) electrons. The SMILES string of the molecule is CCCC(=O)Nc1ccc(C(=O)[C@H](C)Sc2nc(C)cs2)cc1. The highest BCUT2D eigenvalue weighted by atomic mass is 32.2. The summed E-state index contributed by atoms with van der Waals surface area (Å²) in [4.78, 5) is 28.4. The molecule has 1 aromatic carbocycles. The first-order valence-electron chi connectivity index (χ1n) is 7.52. The van der Waals surface area contributed by atoms with Crippen LogP contribution in [0.15, 0.2) is 34.0 Å². The van der Waals surface area contributed by atoms with Crippen molar-refractivity contribution in [3.8, 4) is 0 Å². The van der Waals surface area contributed by atoms with E-state index in [-0.39, 0.29) is 16.9 Å². The highest BCUT2D eigenvalue weighted by Crippen LogP contribution is 2.28. The number of ketones is 1. The number of thioether (sulfide) groups is 1. The minimum Gasteiger partial charge on any atom is -0.326 e. The maximum absolute atomic E-state index is 12.5. The van der Waals surface area contributed by atoms with Gasteiger partial charge in [-0.1, -0.05) is 18.7 Å². The van der Waals surface area contributed by atoms with Gasteiger partial charge in [0.15, 0.2) is 10.1 Å². The lowest BCUT2D eigenvalue weighted by atomic mass is 10.1. The Hall–Kier alpha value is -1.66. The smallest absolute Gasteiger partial charge is 0.224 e. The van der Waals surface area contributed by atoms with Gasteiger partial charge in [-0.05, 0) is 44.5 Å². The minimum atomic E-state index is -0.193. The standard InChI is InChI=1S/C17H20N2O2S2/c1-4-5-15(20)19-14-8-6-13(7-9-14)16(21)12(3)23-17-18-11(2)10-22-17/h6-10,12H,4-5H2,1-3H3,(H,19,20)/t12-/m0/s1. The number of Topliss-reactive ketones (excluding diaryl/α,β-unsaturated/α-hetero) is 1. The number of rotatable bonds is 7. The number of aromatic nitrogens is 1. The molecule has 4 nitrogen and oxygen atoms in total. The van der Waals surface area contributed by atoms with Gasteiger partial charge in [-0.3, -0.25) is 9.59 Å². The zero-order valence-corrected chi connectivity index (χ0v) is 15.1. The summed E-state index contributed by atoms with van der Waals surface area (Å²) >= 11 is 3.03. The van der Waals surface area contributed by atoms with Crippen LogP contribution < -0.4 is 5.32 Å². The minimum absolute atomic E-state index is 0.00496. The molecule has 0 saturated heterocycles. The maximum atomic E-state index is 12.5. The number of nitrogens with zero attached hydrogens (tertiary/aromatic N) is 1. The maximum Gasteiger partial charge on any atom is 0.224 e. The van der Waals surface area contributed by atoms with Crippen LogP contribution in [-0.4, -0.2) is 21.9 Å². The zero-order chi connectivity index (χ0) is 16.8. The van der Waals surface area contributed by atoms with E-state index in [4.69, 9.17) is 0 Å².